The Bertz CT molecular complexity index is 711. The molecule has 0 spiro atoms. The summed E-state index contributed by atoms with van der Waals surface area (Å²) in [6.07, 6.45) is 2.60. The summed E-state index contributed by atoms with van der Waals surface area (Å²) in [5, 5.41) is 5.87. The van der Waals surface area contributed by atoms with Crippen LogP contribution in [-0.2, 0) is 13.6 Å². The van der Waals surface area contributed by atoms with Gasteiger partial charge in [-0.1, -0.05) is 6.92 Å². The highest BCUT2D eigenvalue weighted by Gasteiger charge is 2.08. The van der Waals surface area contributed by atoms with Gasteiger partial charge in [0.1, 0.15) is 0 Å². The van der Waals surface area contributed by atoms with Crippen molar-refractivity contribution >= 4 is 17.2 Å². The van der Waals surface area contributed by atoms with Gasteiger partial charge in [-0.3, -0.25) is 9.59 Å². The van der Waals surface area contributed by atoms with Crippen LogP contribution in [0.15, 0.2) is 33.5 Å². The number of nitrogens with zero attached hydrogens (tertiary/aromatic N) is 4. The molecule has 2 heterocycles. The van der Waals surface area contributed by atoms with Crippen molar-refractivity contribution in [1.29, 1.82) is 0 Å². The molecule has 0 aliphatic carbocycles. The van der Waals surface area contributed by atoms with E-state index in [2.05, 4.69) is 10.1 Å². The molecule has 0 radical (unpaired) electrons. The van der Waals surface area contributed by atoms with Gasteiger partial charge in [-0.05, 0) is 12.5 Å². The van der Waals surface area contributed by atoms with Gasteiger partial charge in [0, 0.05) is 31.2 Å². The van der Waals surface area contributed by atoms with Crippen LogP contribution in [0.3, 0.4) is 0 Å². The summed E-state index contributed by atoms with van der Waals surface area (Å²) in [7, 11) is 1.81. The summed E-state index contributed by atoms with van der Waals surface area (Å²) in [6, 6.07) is 2.76. The molecule has 2 aromatic rings. The summed E-state index contributed by atoms with van der Waals surface area (Å²) in [6.45, 7) is 2.44. The Hall–Kier alpha value is -2.02. The van der Waals surface area contributed by atoms with E-state index in [0.29, 0.717) is 11.3 Å². The van der Waals surface area contributed by atoms with E-state index >= 15 is 0 Å². The van der Waals surface area contributed by atoms with Crippen LogP contribution in [0.1, 0.15) is 23.8 Å². The molecule has 0 saturated carbocycles. The van der Waals surface area contributed by atoms with Crippen molar-refractivity contribution in [3.63, 3.8) is 0 Å². The molecule has 0 saturated heterocycles. The topological polar surface area (TPSA) is 69.2 Å². The maximum Gasteiger partial charge on any atom is 0.300 e. The number of carbonyl (C=O) groups is 1. The third-order valence-electron chi connectivity index (χ3n) is 2.48. The number of rotatable bonds is 3. The fraction of sp³-hybridized carbons (Fsp3) is 0.333. The summed E-state index contributed by atoms with van der Waals surface area (Å²) < 4.78 is 3.04. The molecule has 0 unspecified atom stereocenters. The molecule has 19 heavy (non-hydrogen) atoms. The fourth-order valence-corrected chi connectivity index (χ4v) is 2.24. The maximum absolute atomic E-state index is 12.0. The zero-order valence-corrected chi connectivity index (χ0v) is 11.6. The lowest BCUT2D eigenvalue weighted by Gasteiger charge is -2.02. The summed E-state index contributed by atoms with van der Waals surface area (Å²) in [4.78, 5) is 28.1. The number of thiazole rings is 1. The molecule has 0 N–H and O–H groups in total. The van der Waals surface area contributed by atoms with Crippen LogP contribution in [0, 0.1) is 0 Å². The molecule has 0 aliphatic rings. The van der Waals surface area contributed by atoms with Crippen molar-refractivity contribution in [3.8, 4) is 0 Å². The van der Waals surface area contributed by atoms with Gasteiger partial charge in [-0.15, -0.1) is 11.3 Å². The van der Waals surface area contributed by atoms with Crippen molar-refractivity contribution in [3.05, 3.63) is 44.6 Å². The number of aromatic nitrogens is 3. The highest BCUT2D eigenvalue weighted by Crippen LogP contribution is 1.96. The molecule has 0 aliphatic heterocycles. The van der Waals surface area contributed by atoms with E-state index in [-0.39, 0.29) is 11.3 Å². The Morgan fingerprint density at radius 3 is 2.89 bits per heavy atom. The predicted molar refractivity (Wildman–Crippen MR) is 72.0 cm³/mol. The van der Waals surface area contributed by atoms with E-state index in [0.717, 1.165) is 6.42 Å². The normalized spacial score (nSPS) is 11.8. The SMILES string of the molecule is CCCn1nc(C(=O)N=c2sccn2C)ccc1=O. The zero-order valence-electron chi connectivity index (χ0n) is 10.7. The van der Waals surface area contributed by atoms with Crippen molar-refractivity contribution in [2.75, 3.05) is 0 Å². The summed E-state index contributed by atoms with van der Waals surface area (Å²) in [5.74, 6) is -0.442. The number of amides is 1. The monoisotopic (exact) mass is 278 g/mol. The average molecular weight is 278 g/mol. The van der Waals surface area contributed by atoms with E-state index in [1.807, 2.05) is 25.5 Å². The highest BCUT2D eigenvalue weighted by atomic mass is 32.1. The van der Waals surface area contributed by atoms with Crippen molar-refractivity contribution in [2.45, 2.75) is 19.9 Å². The lowest BCUT2D eigenvalue weighted by atomic mass is 10.3. The van der Waals surface area contributed by atoms with E-state index in [9.17, 15) is 9.59 Å². The second-order valence-corrected chi connectivity index (χ2v) is 4.87. The maximum atomic E-state index is 12.0. The molecule has 0 fully saturated rings. The molecule has 0 aromatic carbocycles. The number of carbonyl (C=O) groups excluding carboxylic acids is 1. The summed E-state index contributed by atoms with van der Waals surface area (Å²) >= 11 is 1.37. The first-order valence-electron chi connectivity index (χ1n) is 5.89. The first-order valence-corrected chi connectivity index (χ1v) is 6.77. The Balaban J connectivity index is 2.38. The smallest absolute Gasteiger partial charge is 0.300 e. The lowest BCUT2D eigenvalue weighted by molar-refractivity contribution is 0.0990. The molecular formula is C12H14N4O2S. The summed E-state index contributed by atoms with van der Waals surface area (Å²) in [5.41, 5.74) is -0.0264. The second-order valence-electron chi connectivity index (χ2n) is 3.99. The van der Waals surface area contributed by atoms with Crippen molar-refractivity contribution in [1.82, 2.24) is 14.3 Å². The van der Waals surface area contributed by atoms with E-state index in [1.54, 1.807) is 4.57 Å². The van der Waals surface area contributed by atoms with Gasteiger partial charge in [-0.25, -0.2) is 4.68 Å². The Morgan fingerprint density at radius 1 is 1.47 bits per heavy atom. The average Bonchev–Trinajstić information content (AvgIpc) is 2.78. The van der Waals surface area contributed by atoms with Gasteiger partial charge in [0.15, 0.2) is 10.5 Å². The first-order chi connectivity index (χ1) is 9.11. The molecular weight excluding hydrogens is 264 g/mol. The van der Waals surface area contributed by atoms with Crippen LogP contribution >= 0.6 is 11.3 Å². The Morgan fingerprint density at radius 2 is 2.26 bits per heavy atom. The molecule has 6 nitrogen and oxygen atoms in total. The minimum absolute atomic E-state index is 0.182. The van der Waals surface area contributed by atoms with Crippen LogP contribution < -0.4 is 10.4 Å². The minimum atomic E-state index is -0.442. The van der Waals surface area contributed by atoms with Gasteiger partial charge in [0.05, 0.1) is 0 Å². The van der Waals surface area contributed by atoms with Gasteiger partial charge in [-0.2, -0.15) is 10.1 Å². The van der Waals surface area contributed by atoms with Gasteiger partial charge in [0.25, 0.3) is 11.5 Å². The van der Waals surface area contributed by atoms with Crippen molar-refractivity contribution < 1.29 is 4.79 Å². The molecule has 1 amide bonds. The largest absolute Gasteiger partial charge is 0.327 e. The number of hydrogen-bond donors (Lipinski definition) is 0. The third-order valence-corrected chi connectivity index (χ3v) is 3.33. The third kappa shape index (κ3) is 3.05. The Kier molecular flexibility index (Phi) is 4.06. The van der Waals surface area contributed by atoms with Crippen LogP contribution in [0.2, 0.25) is 0 Å². The Labute approximate surface area is 113 Å². The molecule has 0 bridgehead atoms. The van der Waals surface area contributed by atoms with Gasteiger partial charge in [0.2, 0.25) is 0 Å². The second kappa shape index (κ2) is 5.75. The predicted octanol–water partition coefficient (Wildman–Crippen LogP) is 0.794. The number of aryl methyl sites for hydroxylation is 2. The van der Waals surface area contributed by atoms with Crippen LogP contribution in [0.4, 0.5) is 0 Å². The molecule has 7 heteroatoms. The fourth-order valence-electron chi connectivity index (χ4n) is 1.51. The van der Waals surface area contributed by atoms with E-state index in [4.69, 9.17) is 0 Å². The van der Waals surface area contributed by atoms with Gasteiger partial charge < -0.3 is 4.57 Å². The highest BCUT2D eigenvalue weighted by molar-refractivity contribution is 7.07. The first kappa shape index (κ1) is 13.4. The molecule has 2 aromatic heterocycles. The number of hydrogen-bond acceptors (Lipinski definition) is 4. The van der Waals surface area contributed by atoms with Crippen LogP contribution in [0.5, 0.6) is 0 Å². The lowest BCUT2D eigenvalue weighted by Crippen LogP contribution is -2.24. The molecule has 2 rings (SSSR count). The van der Waals surface area contributed by atoms with Crippen molar-refractivity contribution in [2.24, 2.45) is 12.0 Å². The van der Waals surface area contributed by atoms with Crippen LogP contribution in [0.25, 0.3) is 0 Å². The van der Waals surface area contributed by atoms with E-state index < -0.39 is 5.91 Å². The quantitative estimate of drug-likeness (QED) is 0.833. The molecule has 0 atom stereocenters. The minimum Gasteiger partial charge on any atom is -0.327 e. The van der Waals surface area contributed by atoms with Crippen LogP contribution in [-0.4, -0.2) is 20.3 Å². The standard InChI is InChI=1S/C12H14N4O2S/c1-3-6-16-10(17)5-4-9(14-16)11(18)13-12-15(2)7-8-19-12/h4-5,7-8H,3,6H2,1-2H3. The van der Waals surface area contributed by atoms with Gasteiger partial charge >= 0.3 is 0 Å². The van der Waals surface area contributed by atoms with E-state index in [1.165, 1.54) is 28.2 Å². The molecule has 100 valence electrons. The zero-order chi connectivity index (χ0) is 13.8.